The van der Waals surface area contributed by atoms with Crippen LogP contribution in [0.2, 0.25) is 0 Å². The summed E-state index contributed by atoms with van der Waals surface area (Å²) in [6.45, 7) is 1.61. The third kappa shape index (κ3) is 4.23. The van der Waals surface area contributed by atoms with Crippen molar-refractivity contribution in [1.82, 2.24) is 9.88 Å². The van der Waals surface area contributed by atoms with Gasteiger partial charge in [-0.3, -0.25) is 4.79 Å². The number of hydrogen-bond acceptors (Lipinski definition) is 6. The Labute approximate surface area is 158 Å². The Kier molecular flexibility index (Phi) is 5.92. The predicted octanol–water partition coefficient (Wildman–Crippen LogP) is 3.50. The van der Waals surface area contributed by atoms with Crippen LogP contribution in [0.25, 0.3) is 11.1 Å². The zero-order valence-electron chi connectivity index (χ0n) is 15.1. The van der Waals surface area contributed by atoms with E-state index in [4.69, 9.17) is 4.42 Å². The summed E-state index contributed by atoms with van der Waals surface area (Å²) in [5.41, 5.74) is 1.02. The van der Waals surface area contributed by atoms with E-state index in [1.807, 2.05) is 11.9 Å². The number of nitrogens with zero attached hydrogens (tertiary/aromatic N) is 2. The van der Waals surface area contributed by atoms with E-state index >= 15 is 0 Å². The van der Waals surface area contributed by atoms with Crippen molar-refractivity contribution in [2.45, 2.75) is 55.2 Å². The highest BCUT2D eigenvalue weighted by Crippen LogP contribution is 2.27. The van der Waals surface area contributed by atoms with E-state index < -0.39 is 9.84 Å². The largest absolute Gasteiger partial charge is 0.431 e. The third-order valence-corrected chi connectivity index (χ3v) is 7.46. The Bertz CT molecular complexity index is 886. The number of carbonyl (C=O) groups is 1. The minimum absolute atomic E-state index is 0.0416. The van der Waals surface area contributed by atoms with Gasteiger partial charge in [0.25, 0.3) is 5.22 Å². The highest BCUT2D eigenvalue weighted by molar-refractivity contribution is 7.99. The number of benzene rings is 1. The molecule has 1 aromatic carbocycles. The highest BCUT2D eigenvalue weighted by atomic mass is 32.2. The second-order valence-corrected chi connectivity index (χ2v) is 9.80. The standard InChI is InChI=1S/C18H24N2O4S2/c1-3-26(22,23)14-9-10-16-15(11-14)19-18(24-16)25-12-17(21)20(2)13-7-5-4-6-8-13/h9-11,13H,3-8,12H2,1-2H3. The lowest BCUT2D eigenvalue weighted by atomic mass is 9.94. The lowest BCUT2D eigenvalue weighted by Crippen LogP contribution is -2.39. The summed E-state index contributed by atoms with van der Waals surface area (Å²) in [5, 5.41) is 0.386. The topological polar surface area (TPSA) is 80.5 Å². The van der Waals surface area contributed by atoms with Gasteiger partial charge >= 0.3 is 0 Å². The number of aromatic nitrogens is 1. The van der Waals surface area contributed by atoms with Gasteiger partial charge in [0.2, 0.25) is 5.91 Å². The molecular formula is C18H24N2O4S2. The van der Waals surface area contributed by atoms with Gasteiger partial charge in [-0.15, -0.1) is 0 Å². The second kappa shape index (κ2) is 8.00. The molecule has 0 unspecified atom stereocenters. The molecule has 1 aromatic heterocycles. The molecule has 1 heterocycles. The van der Waals surface area contributed by atoms with Crippen LogP contribution in [0.4, 0.5) is 0 Å². The van der Waals surface area contributed by atoms with Gasteiger partial charge in [0.1, 0.15) is 5.52 Å². The number of hydrogen-bond donors (Lipinski definition) is 0. The molecule has 1 aliphatic rings. The Balaban J connectivity index is 1.66. The van der Waals surface area contributed by atoms with Crippen molar-refractivity contribution in [3.8, 4) is 0 Å². The van der Waals surface area contributed by atoms with Crippen molar-refractivity contribution in [1.29, 1.82) is 0 Å². The molecule has 6 nitrogen and oxygen atoms in total. The Hall–Kier alpha value is -1.54. The Morgan fingerprint density at radius 1 is 1.31 bits per heavy atom. The van der Waals surface area contributed by atoms with E-state index in [2.05, 4.69) is 4.98 Å². The maximum Gasteiger partial charge on any atom is 0.257 e. The molecule has 2 aromatic rings. The molecular weight excluding hydrogens is 372 g/mol. The van der Waals surface area contributed by atoms with Gasteiger partial charge in [-0.1, -0.05) is 37.9 Å². The number of rotatable bonds is 6. The van der Waals surface area contributed by atoms with E-state index in [1.165, 1.54) is 43.2 Å². The molecule has 0 radical (unpaired) electrons. The first-order valence-electron chi connectivity index (χ1n) is 8.92. The van der Waals surface area contributed by atoms with Crippen molar-refractivity contribution in [2.24, 2.45) is 0 Å². The molecule has 0 bridgehead atoms. The molecule has 26 heavy (non-hydrogen) atoms. The quantitative estimate of drug-likeness (QED) is 0.695. The van der Waals surface area contributed by atoms with Crippen LogP contribution in [0.1, 0.15) is 39.0 Å². The van der Waals surface area contributed by atoms with Crippen LogP contribution in [0.5, 0.6) is 0 Å². The molecule has 8 heteroatoms. The molecule has 3 rings (SSSR count). The van der Waals surface area contributed by atoms with E-state index in [-0.39, 0.29) is 22.3 Å². The zero-order chi connectivity index (χ0) is 18.7. The highest BCUT2D eigenvalue weighted by Gasteiger charge is 2.22. The van der Waals surface area contributed by atoms with Crippen LogP contribution in [-0.4, -0.2) is 48.8 Å². The second-order valence-electron chi connectivity index (χ2n) is 6.60. The first-order valence-corrected chi connectivity index (χ1v) is 11.6. The number of amides is 1. The summed E-state index contributed by atoms with van der Waals surface area (Å²) in [4.78, 5) is 18.8. The maximum absolute atomic E-state index is 12.4. The van der Waals surface area contributed by atoms with Crippen LogP contribution in [0, 0.1) is 0 Å². The van der Waals surface area contributed by atoms with Gasteiger partial charge < -0.3 is 9.32 Å². The fraction of sp³-hybridized carbons (Fsp3) is 0.556. The van der Waals surface area contributed by atoms with E-state index in [0.29, 0.717) is 22.4 Å². The van der Waals surface area contributed by atoms with E-state index in [0.717, 1.165) is 12.8 Å². The minimum atomic E-state index is -3.28. The van der Waals surface area contributed by atoms with Crippen molar-refractivity contribution in [2.75, 3.05) is 18.6 Å². The summed E-state index contributed by atoms with van der Waals surface area (Å²) >= 11 is 1.25. The minimum Gasteiger partial charge on any atom is -0.431 e. The molecule has 1 aliphatic carbocycles. The fourth-order valence-corrected chi connectivity index (χ4v) is 4.87. The SMILES string of the molecule is CCS(=O)(=O)c1ccc2oc(SCC(=O)N(C)C3CCCCC3)nc2c1. The molecule has 0 spiro atoms. The molecule has 1 fully saturated rings. The van der Waals surface area contributed by atoms with Crippen LogP contribution in [0.3, 0.4) is 0 Å². The smallest absolute Gasteiger partial charge is 0.257 e. The fourth-order valence-electron chi connectivity index (χ4n) is 3.21. The van der Waals surface area contributed by atoms with Crippen molar-refractivity contribution in [3.05, 3.63) is 18.2 Å². The summed E-state index contributed by atoms with van der Waals surface area (Å²) in [6, 6.07) is 5.01. The number of carbonyl (C=O) groups excluding carboxylic acids is 1. The molecule has 0 atom stereocenters. The van der Waals surface area contributed by atoms with Gasteiger partial charge in [-0.2, -0.15) is 0 Å². The van der Waals surface area contributed by atoms with Crippen LogP contribution in [0.15, 0.2) is 32.7 Å². The molecule has 0 saturated heterocycles. The monoisotopic (exact) mass is 396 g/mol. The first-order chi connectivity index (χ1) is 12.4. The number of fused-ring (bicyclic) bond motifs is 1. The summed E-state index contributed by atoms with van der Waals surface area (Å²) in [7, 11) is -1.41. The summed E-state index contributed by atoms with van der Waals surface area (Å²) in [5.74, 6) is 0.373. The molecule has 0 N–H and O–H groups in total. The van der Waals surface area contributed by atoms with Gasteiger partial charge in [0.05, 0.1) is 16.4 Å². The van der Waals surface area contributed by atoms with Crippen LogP contribution >= 0.6 is 11.8 Å². The first kappa shape index (κ1) is 19.2. The maximum atomic E-state index is 12.4. The molecule has 1 saturated carbocycles. The number of thioether (sulfide) groups is 1. The predicted molar refractivity (Wildman–Crippen MR) is 102 cm³/mol. The Morgan fingerprint density at radius 2 is 2.04 bits per heavy atom. The normalized spacial score (nSPS) is 16.1. The van der Waals surface area contributed by atoms with E-state index in [1.54, 1.807) is 13.0 Å². The van der Waals surface area contributed by atoms with Crippen molar-refractivity contribution >= 4 is 38.6 Å². The number of oxazole rings is 1. The van der Waals surface area contributed by atoms with Crippen molar-refractivity contribution < 1.29 is 17.6 Å². The molecule has 142 valence electrons. The zero-order valence-corrected chi connectivity index (χ0v) is 16.7. The Morgan fingerprint density at radius 3 is 2.73 bits per heavy atom. The van der Waals surface area contributed by atoms with E-state index in [9.17, 15) is 13.2 Å². The third-order valence-electron chi connectivity index (χ3n) is 4.91. The van der Waals surface area contributed by atoms with Gasteiger partial charge in [-0.25, -0.2) is 13.4 Å². The van der Waals surface area contributed by atoms with Gasteiger partial charge in [-0.05, 0) is 31.0 Å². The summed E-state index contributed by atoms with van der Waals surface area (Å²) < 4.78 is 29.6. The number of sulfone groups is 1. The van der Waals surface area contributed by atoms with Gasteiger partial charge in [0.15, 0.2) is 15.4 Å². The lowest BCUT2D eigenvalue weighted by Gasteiger charge is -2.31. The van der Waals surface area contributed by atoms with Crippen LogP contribution in [-0.2, 0) is 14.6 Å². The average Bonchev–Trinajstić information content (AvgIpc) is 3.08. The van der Waals surface area contributed by atoms with Crippen LogP contribution < -0.4 is 0 Å². The summed E-state index contributed by atoms with van der Waals surface area (Å²) in [6.07, 6.45) is 5.77. The van der Waals surface area contributed by atoms with Gasteiger partial charge in [0, 0.05) is 13.1 Å². The molecule has 0 aliphatic heterocycles. The van der Waals surface area contributed by atoms with Crippen molar-refractivity contribution in [3.63, 3.8) is 0 Å². The average molecular weight is 397 g/mol. The molecule has 1 amide bonds. The lowest BCUT2D eigenvalue weighted by molar-refractivity contribution is -0.129.